The van der Waals surface area contributed by atoms with Crippen LogP contribution < -0.4 is 9.47 Å². The van der Waals surface area contributed by atoms with E-state index in [2.05, 4.69) is 0 Å². The van der Waals surface area contributed by atoms with Crippen molar-refractivity contribution in [2.75, 3.05) is 13.2 Å². The summed E-state index contributed by atoms with van der Waals surface area (Å²) in [6, 6.07) is 6.48. The van der Waals surface area contributed by atoms with Gasteiger partial charge in [-0.15, -0.1) is 0 Å². The van der Waals surface area contributed by atoms with Crippen molar-refractivity contribution in [3.63, 3.8) is 0 Å². The maximum absolute atomic E-state index is 10.3. The largest absolute Gasteiger partial charge is 0.490 e. The number of hydrogen-bond donors (Lipinski definition) is 1. The molecular weight excluding hydrogens is 303 g/mol. The van der Waals surface area contributed by atoms with Gasteiger partial charge in [-0.2, -0.15) is 0 Å². The lowest BCUT2D eigenvalue weighted by Gasteiger charge is -2.14. The summed E-state index contributed by atoms with van der Waals surface area (Å²) in [7, 11) is 0. The molecule has 1 atom stereocenters. The third kappa shape index (κ3) is 2.59. The molecule has 0 bridgehead atoms. The van der Waals surface area contributed by atoms with Crippen molar-refractivity contribution in [1.82, 2.24) is 0 Å². The van der Waals surface area contributed by atoms with Crippen LogP contribution in [0.1, 0.15) is 23.8 Å². The van der Waals surface area contributed by atoms with Gasteiger partial charge in [-0.1, -0.05) is 11.6 Å². The topological polar surface area (TPSA) is 51.8 Å². The molecule has 2 heterocycles. The maximum atomic E-state index is 10.3. The fourth-order valence-corrected chi connectivity index (χ4v) is 2.45. The lowest BCUT2D eigenvalue weighted by molar-refractivity contribution is 0.189. The molecule has 0 amide bonds. The van der Waals surface area contributed by atoms with E-state index < -0.39 is 6.10 Å². The van der Waals surface area contributed by atoms with Crippen LogP contribution >= 0.6 is 23.2 Å². The molecule has 20 heavy (non-hydrogen) atoms. The quantitative estimate of drug-likeness (QED) is 0.915. The van der Waals surface area contributed by atoms with Crippen LogP contribution in [0, 0.1) is 0 Å². The minimum atomic E-state index is -1.01. The summed E-state index contributed by atoms with van der Waals surface area (Å²) in [6.45, 7) is 1.15. The van der Waals surface area contributed by atoms with Crippen molar-refractivity contribution < 1.29 is 19.0 Å². The Morgan fingerprint density at radius 3 is 2.40 bits per heavy atom. The second kappa shape index (κ2) is 5.56. The van der Waals surface area contributed by atoms with E-state index in [0.717, 1.165) is 6.42 Å². The van der Waals surface area contributed by atoms with Crippen LogP contribution in [0.5, 0.6) is 11.5 Å². The van der Waals surface area contributed by atoms with Crippen molar-refractivity contribution in [2.24, 2.45) is 0 Å². The zero-order valence-electron chi connectivity index (χ0n) is 10.4. The first-order valence-electron chi connectivity index (χ1n) is 6.17. The second-order valence-corrected chi connectivity index (χ2v) is 5.20. The normalized spacial score (nSPS) is 15.8. The number of aliphatic hydroxyl groups is 1. The van der Waals surface area contributed by atoms with E-state index in [4.69, 9.17) is 37.1 Å². The van der Waals surface area contributed by atoms with Crippen molar-refractivity contribution in [3.8, 4) is 11.5 Å². The van der Waals surface area contributed by atoms with Crippen LogP contribution in [0.4, 0.5) is 0 Å². The summed E-state index contributed by atoms with van der Waals surface area (Å²) >= 11 is 11.9. The Bertz CT molecular complexity index is 624. The van der Waals surface area contributed by atoms with Gasteiger partial charge in [0.15, 0.2) is 16.7 Å². The molecular formula is C14H12Cl2O4. The fraction of sp³-hybridized carbons (Fsp3) is 0.286. The third-order valence-corrected chi connectivity index (χ3v) is 3.56. The predicted molar refractivity (Wildman–Crippen MR) is 74.8 cm³/mol. The van der Waals surface area contributed by atoms with E-state index in [9.17, 15) is 5.11 Å². The summed E-state index contributed by atoms with van der Waals surface area (Å²) in [5.74, 6) is 1.48. The molecule has 1 N–H and O–H groups in total. The number of hydrogen-bond acceptors (Lipinski definition) is 4. The third-order valence-electron chi connectivity index (χ3n) is 3.02. The van der Waals surface area contributed by atoms with Crippen molar-refractivity contribution in [2.45, 2.75) is 12.5 Å². The molecule has 1 aliphatic rings. The van der Waals surface area contributed by atoms with Crippen LogP contribution in [0.15, 0.2) is 28.7 Å². The molecule has 1 unspecified atom stereocenters. The van der Waals surface area contributed by atoms with Gasteiger partial charge in [-0.3, -0.25) is 0 Å². The Morgan fingerprint density at radius 1 is 1.05 bits per heavy atom. The van der Waals surface area contributed by atoms with Gasteiger partial charge < -0.3 is 19.0 Å². The number of furan rings is 1. The number of ether oxygens (including phenoxy) is 2. The maximum Gasteiger partial charge on any atom is 0.193 e. The lowest BCUT2D eigenvalue weighted by Crippen LogP contribution is -2.01. The zero-order chi connectivity index (χ0) is 14.1. The van der Waals surface area contributed by atoms with Gasteiger partial charge in [0.05, 0.1) is 18.2 Å². The molecule has 1 aromatic carbocycles. The molecule has 0 aliphatic carbocycles. The Balaban J connectivity index is 1.99. The Labute approximate surface area is 125 Å². The number of fused-ring (bicyclic) bond motifs is 1. The van der Waals surface area contributed by atoms with Gasteiger partial charge in [0.2, 0.25) is 0 Å². The van der Waals surface area contributed by atoms with E-state index >= 15 is 0 Å². The van der Waals surface area contributed by atoms with E-state index in [1.54, 1.807) is 24.3 Å². The zero-order valence-corrected chi connectivity index (χ0v) is 11.9. The molecule has 0 fully saturated rings. The molecule has 1 aromatic heterocycles. The van der Waals surface area contributed by atoms with E-state index in [1.165, 1.54) is 0 Å². The van der Waals surface area contributed by atoms with Crippen LogP contribution in [0.25, 0.3) is 0 Å². The average Bonchev–Trinajstić information content (AvgIpc) is 2.73. The number of benzene rings is 1. The Morgan fingerprint density at radius 2 is 1.75 bits per heavy atom. The van der Waals surface area contributed by atoms with Crippen LogP contribution in [-0.4, -0.2) is 18.3 Å². The number of aliphatic hydroxyl groups excluding tert-OH is 1. The lowest BCUT2D eigenvalue weighted by atomic mass is 10.1. The first kappa shape index (κ1) is 13.6. The van der Waals surface area contributed by atoms with E-state index in [0.29, 0.717) is 41.1 Å². The van der Waals surface area contributed by atoms with Crippen molar-refractivity contribution in [3.05, 3.63) is 45.8 Å². The molecule has 3 rings (SSSR count). The predicted octanol–water partition coefficient (Wildman–Crippen LogP) is 3.83. The summed E-state index contributed by atoms with van der Waals surface area (Å²) in [5, 5.41) is 10.9. The molecule has 0 saturated heterocycles. The van der Waals surface area contributed by atoms with Gasteiger partial charge in [0.1, 0.15) is 11.9 Å². The first-order chi connectivity index (χ1) is 9.65. The van der Waals surface area contributed by atoms with Crippen molar-refractivity contribution >= 4 is 23.2 Å². The second-order valence-electron chi connectivity index (χ2n) is 4.42. The Kier molecular flexibility index (Phi) is 3.78. The van der Waals surface area contributed by atoms with Crippen LogP contribution in [0.3, 0.4) is 0 Å². The summed E-state index contributed by atoms with van der Waals surface area (Å²) in [6.07, 6.45) is -0.204. The van der Waals surface area contributed by atoms with Gasteiger partial charge in [-0.05, 0) is 29.8 Å². The molecule has 106 valence electrons. The molecule has 0 radical (unpaired) electrons. The number of halogens is 2. The molecule has 0 saturated carbocycles. The molecule has 4 nitrogen and oxygen atoms in total. The highest BCUT2D eigenvalue weighted by atomic mass is 35.5. The van der Waals surface area contributed by atoms with E-state index in [1.807, 2.05) is 0 Å². The Hall–Kier alpha value is -1.36. The molecule has 2 aromatic rings. The highest BCUT2D eigenvalue weighted by molar-refractivity contribution is 6.31. The van der Waals surface area contributed by atoms with Gasteiger partial charge in [0, 0.05) is 18.1 Å². The minimum absolute atomic E-state index is 0.213. The van der Waals surface area contributed by atoms with Crippen LogP contribution in [0.2, 0.25) is 10.2 Å². The smallest absolute Gasteiger partial charge is 0.193 e. The monoisotopic (exact) mass is 314 g/mol. The summed E-state index contributed by atoms with van der Waals surface area (Å²) in [4.78, 5) is 0. The minimum Gasteiger partial charge on any atom is -0.490 e. The highest BCUT2D eigenvalue weighted by Gasteiger charge is 2.22. The fourth-order valence-electron chi connectivity index (χ4n) is 2.04. The van der Waals surface area contributed by atoms with Gasteiger partial charge >= 0.3 is 0 Å². The van der Waals surface area contributed by atoms with Crippen LogP contribution in [-0.2, 0) is 0 Å². The van der Waals surface area contributed by atoms with Gasteiger partial charge in [0.25, 0.3) is 0 Å². The number of rotatable bonds is 2. The summed E-state index contributed by atoms with van der Waals surface area (Å²) < 4.78 is 16.3. The molecule has 6 heteroatoms. The summed E-state index contributed by atoms with van der Waals surface area (Å²) in [5.41, 5.74) is 0.488. The molecule has 0 spiro atoms. The van der Waals surface area contributed by atoms with Crippen molar-refractivity contribution in [1.29, 1.82) is 0 Å². The standard InChI is InChI=1S/C14H12Cl2O4/c15-9-7-12-11(18-4-1-5-19-12)6-8(9)14(17)10-2-3-13(16)20-10/h2-3,6-7,14,17H,1,4-5H2. The highest BCUT2D eigenvalue weighted by Crippen LogP contribution is 2.39. The molecule has 1 aliphatic heterocycles. The SMILES string of the molecule is OC(c1ccc(Cl)o1)c1cc2c(cc1Cl)OCCCO2. The average molecular weight is 315 g/mol. The first-order valence-corrected chi connectivity index (χ1v) is 6.93. The van der Waals surface area contributed by atoms with E-state index in [-0.39, 0.29) is 5.22 Å². The van der Waals surface area contributed by atoms with Gasteiger partial charge in [-0.25, -0.2) is 0 Å².